The van der Waals surface area contributed by atoms with Crippen molar-refractivity contribution in [2.24, 2.45) is 29.6 Å². The number of aliphatic carboxylic acids is 1. The summed E-state index contributed by atoms with van der Waals surface area (Å²) in [6.45, 7) is 0. The fraction of sp³-hybridized carbons (Fsp3) is 0.667. The smallest absolute Gasteiger partial charge is 0.307 e. The van der Waals surface area contributed by atoms with Gasteiger partial charge in [0.25, 0.3) is 0 Å². The largest absolute Gasteiger partial charge is 0.481 e. The van der Waals surface area contributed by atoms with Gasteiger partial charge in [0.2, 0.25) is 0 Å². The van der Waals surface area contributed by atoms with Crippen molar-refractivity contribution < 1.29 is 9.90 Å². The van der Waals surface area contributed by atoms with Crippen LogP contribution in [0.25, 0.3) is 0 Å². The molecule has 11 heavy (non-hydrogen) atoms. The summed E-state index contributed by atoms with van der Waals surface area (Å²) in [5.41, 5.74) is 0. The third kappa shape index (κ3) is 0.525. The highest BCUT2D eigenvalue weighted by Gasteiger charge is 2.66. The predicted octanol–water partition coefficient (Wildman–Crippen LogP) is 1.14. The maximum absolute atomic E-state index is 10.7. The Balaban J connectivity index is 1.90. The van der Waals surface area contributed by atoms with Crippen molar-refractivity contribution in [3.8, 4) is 0 Å². The first kappa shape index (κ1) is 5.81. The molecule has 2 nitrogen and oxygen atoms in total. The molecule has 3 rings (SSSR count). The van der Waals surface area contributed by atoms with E-state index in [4.69, 9.17) is 5.11 Å². The lowest BCUT2D eigenvalue weighted by molar-refractivity contribution is -0.139. The third-order valence-corrected chi connectivity index (χ3v) is 3.56. The van der Waals surface area contributed by atoms with Crippen molar-refractivity contribution in [3.05, 3.63) is 12.2 Å². The van der Waals surface area contributed by atoms with Crippen molar-refractivity contribution in [1.82, 2.24) is 0 Å². The minimum Gasteiger partial charge on any atom is -0.481 e. The summed E-state index contributed by atoms with van der Waals surface area (Å²) in [6.07, 6.45) is 5.67. The lowest BCUT2D eigenvalue weighted by Gasteiger charge is -2.03. The number of rotatable bonds is 1. The van der Waals surface area contributed by atoms with Gasteiger partial charge in [-0.25, -0.2) is 0 Å². The second kappa shape index (κ2) is 1.52. The van der Waals surface area contributed by atoms with Crippen LogP contribution in [0, 0.1) is 29.6 Å². The average molecular weight is 150 g/mol. The van der Waals surface area contributed by atoms with E-state index in [1.54, 1.807) is 0 Å². The summed E-state index contributed by atoms with van der Waals surface area (Å²) >= 11 is 0. The number of hydrogen-bond donors (Lipinski definition) is 1. The minimum absolute atomic E-state index is 0.00810. The molecule has 3 aliphatic carbocycles. The number of allylic oxidation sites excluding steroid dienone is 2. The molecule has 2 fully saturated rings. The van der Waals surface area contributed by atoms with E-state index in [1.165, 1.54) is 6.42 Å². The van der Waals surface area contributed by atoms with Crippen molar-refractivity contribution in [2.45, 2.75) is 6.42 Å². The summed E-state index contributed by atoms with van der Waals surface area (Å²) < 4.78 is 0. The first-order valence-electron chi connectivity index (χ1n) is 4.20. The zero-order valence-electron chi connectivity index (χ0n) is 6.10. The van der Waals surface area contributed by atoms with Crippen LogP contribution in [0.1, 0.15) is 6.42 Å². The van der Waals surface area contributed by atoms with E-state index in [1.807, 2.05) is 0 Å². The zero-order chi connectivity index (χ0) is 7.59. The third-order valence-electron chi connectivity index (χ3n) is 3.56. The Kier molecular flexibility index (Phi) is 0.803. The van der Waals surface area contributed by atoms with Gasteiger partial charge in [-0.2, -0.15) is 0 Å². The molecule has 0 aliphatic heterocycles. The molecule has 0 aromatic carbocycles. The standard InChI is InChI=1S/C9H10O2/c10-9(11)8-6-4-1-2-5(3-4)7(6)8/h1-2,4-8H,3H2,(H,10,11)/t4-,5+,6-,7-,8?/m0/s1. The van der Waals surface area contributed by atoms with E-state index in [2.05, 4.69) is 12.2 Å². The molecule has 1 unspecified atom stereocenters. The molecule has 5 atom stereocenters. The van der Waals surface area contributed by atoms with Crippen molar-refractivity contribution in [1.29, 1.82) is 0 Å². The molecule has 1 N–H and O–H groups in total. The van der Waals surface area contributed by atoms with Gasteiger partial charge in [-0.1, -0.05) is 12.2 Å². The highest BCUT2D eigenvalue weighted by molar-refractivity contribution is 5.75. The van der Waals surface area contributed by atoms with Gasteiger partial charge in [-0.15, -0.1) is 0 Å². The molecule has 0 aromatic heterocycles. The fourth-order valence-electron chi connectivity index (χ4n) is 3.12. The van der Waals surface area contributed by atoms with Crippen molar-refractivity contribution in [3.63, 3.8) is 0 Å². The van der Waals surface area contributed by atoms with Gasteiger partial charge in [-0.05, 0) is 30.1 Å². The summed E-state index contributed by atoms with van der Waals surface area (Å²) in [5, 5.41) is 8.79. The Hall–Kier alpha value is -0.790. The van der Waals surface area contributed by atoms with Gasteiger partial charge in [0, 0.05) is 0 Å². The van der Waals surface area contributed by atoms with Crippen molar-refractivity contribution >= 4 is 5.97 Å². The first-order chi connectivity index (χ1) is 5.29. The van der Waals surface area contributed by atoms with E-state index < -0.39 is 5.97 Å². The lowest BCUT2D eigenvalue weighted by Crippen LogP contribution is -2.08. The molecule has 3 aliphatic rings. The monoisotopic (exact) mass is 150 g/mol. The molecule has 0 radical (unpaired) electrons. The normalized spacial score (nSPS) is 56.2. The maximum atomic E-state index is 10.7. The lowest BCUT2D eigenvalue weighted by atomic mass is 10.0. The van der Waals surface area contributed by atoms with Gasteiger partial charge in [0.15, 0.2) is 0 Å². The van der Waals surface area contributed by atoms with Crippen LogP contribution in [-0.2, 0) is 4.79 Å². The Morgan fingerprint density at radius 3 is 2.27 bits per heavy atom. The first-order valence-corrected chi connectivity index (χ1v) is 4.20. The predicted molar refractivity (Wildman–Crippen MR) is 38.8 cm³/mol. The van der Waals surface area contributed by atoms with Crippen LogP contribution in [0.3, 0.4) is 0 Å². The van der Waals surface area contributed by atoms with Crippen LogP contribution in [0.2, 0.25) is 0 Å². The van der Waals surface area contributed by atoms with Crippen LogP contribution >= 0.6 is 0 Å². The highest BCUT2D eigenvalue weighted by Crippen LogP contribution is 2.66. The Morgan fingerprint density at radius 2 is 1.82 bits per heavy atom. The van der Waals surface area contributed by atoms with Gasteiger partial charge in [0.1, 0.15) is 0 Å². The van der Waals surface area contributed by atoms with E-state index in [9.17, 15) is 4.79 Å². The topological polar surface area (TPSA) is 37.3 Å². The molecule has 0 saturated heterocycles. The number of hydrogen-bond acceptors (Lipinski definition) is 1. The molecule has 0 heterocycles. The molecule has 58 valence electrons. The van der Waals surface area contributed by atoms with E-state index >= 15 is 0 Å². The van der Waals surface area contributed by atoms with Crippen LogP contribution < -0.4 is 0 Å². The molecular weight excluding hydrogens is 140 g/mol. The summed E-state index contributed by atoms with van der Waals surface area (Å²) in [5.74, 6) is 1.70. The average Bonchev–Trinajstić information content (AvgIpc) is 2.44. The summed E-state index contributed by atoms with van der Waals surface area (Å²) in [6, 6.07) is 0. The number of fused-ring (bicyclic) bond motifs is 5. The van der Waals surface area contributed by atoms with Gasteiger partial charge in [0.05, 0.1) is 5.92 Å². The number of carboxylic acid groups (broad SMARTS) is 1. The van der Waals surface area contributed by atoms with Crippen LogP contribution in [0.15, 0.2) is 12.2 Å². The molecule has 2 saturated carbocycles. The number of carbonyl (C=O) groups is 1. The quantitative estimate of drug-likeness (QED) is 0.569. The zero-order valence-corrected chi connectivity index (χ0v) is 6.10. The summed E-state index contributed by atoms with van der Waals surface area (Å²) in [4.78, 5) is 10.7. The fourth-order valence-corrected chi connectivity index (χ4v) is 3.12. The molecule has 2 heteroatoms. The number of carboxylic acids is 1. The van der Waals surface area contributed by atoms with Gasteiger partial charge >= 0.3 is 5.97 Å². The minimum atomic E-state index is -0.571. The maximum Gasteiger partial charge on any atom is 0.307 e. The van der Waals surface area contributed by atoms with Crippen molar-refractivity contribution in [2.75, 3.05) is 0 Å². The van der Waals surface area contributed by atoms with Gasteiger partial charge < -0.3 is 5.11 Å². The van der Waals surface area contributed by atoms with Crippen LogP contribution in [0.5, 0.6) is 0 Å². The van der Waals surface area contributed by atoms with E-state index in [0.29, 0.717) is 23.7 Å². The Morgan fingerprint density at radius 1 is 1.27 bits per heavy atom. The molecule has 0 spiro atoms. The van der Waals surface area contributed by atoms with E-state index in [-0.39, 0.29) is 5.92 Å². The van der Waals surface area contributed by atoms with Crippen LogP contribution in [0.4, 0.5) is 0 Å². The van der Waals surface area contributed by atoms with E-state index in [0.717, 1.165) is 0 Å². The Bertz CT molecular complexity index is 238. The molecule has 2 bridgehead atoms. The van der Waals surface area contributed by atoms with Gasteiger partial charge in [-0.3, -0.25) is 4.79 Å². The SMILES string of the molecule is O=C(O)C1[C@@H]2[C@@H]1[C@H]1C=C[C@@H]2C1. The molecule has 0 amide bonds. The highest BCUT2D eigenvalue weighted by atomic mass is 16.4. The molecule has 0 aromatic rings. The Labute approximate surface area is 64.9 Å². The second-order valence-corrected chi connectivity index (χ2v) is 3.97. The second-order valence-electron chi connectivity index (χ2n) is 3.97. The van der Waals surface area contributed by atoms with Crippen LogP contribution in [-0.4, -0.2) is 11.1 Å². The molecular formula is C9H10O2. The summed E-state index contributed by atoms with van der Waals surface area (Å²) in [7, 11) is 0.